The van der Waals surface area contributed by atoms with Gasteiger partial charge in [0.15, 0.2) is 0 Å². The zero-order chi connectivity index (χ0) is 13.0. The van der Waals surface area contributed by atoms with Crippen LogP contribution < -0.4 is 0 Å². The summed E-state index contributed by atoms with van der Waals surface area (Å²) in [6, 6.07) is 14.5. The lowest BCUT2D eigenvalue weighted by Crippen LogP contribution is -1.86. The molecule has 2 rings (SSSR count). The van der Waals surface area contributed by atoms with Crippen molar-refractivity contribution in [2.45, 2.75) is 25.7 Å². The smallest absolute Gasteiger partial charge is 0.0262 e. The third-order valence-electron chi connectivity index (χ3n) is 2.73. The van der Waals surface area contributed by atoms with Crippen LogP contribution in [0.4, 0.5) is 0 Å². The molecule has 0 radical (unpaired) electrons. The highest BCUT2D eigenvalue weighted by Gasteiger charge is 2.02. The van der Waals surface area contributed by atoms with E-state index in [-0.39, 0.29) is 0 Å². The maximum Gasteiger partial charge on any atom is 0.0262 e. The van der Waals surface area contributed by atoms with E-state index in [0.717, 1.165) is 5.56 Å². The summed E-state index contributed by atoms with van der Waals surface area (Å²) in [6.07, 6.45) is 0. The lowest BCUT2D eigenvalue weighted by molar-refractivity contribution is 1.19. The summed E-state index contributed by atoms with van der Waals surface area (Å²) in [7, 11) is 0. The molecule has 0 unspecified atom stereocenters. The largest absolute Gasteiger partial charge is 0.0622 e. The van der Waals surface area contributed by atoms with Crippen molar-refractivity contribution in [3.8, 4) is 11.2 Å². The summed E-state index contributed by atoms with van der Waals surface area (Å²) >= 11 is 1.62. The molecule has 18 heavy (non-hydrogen) atoms. The molecule has 0 spiro atoms. The molecule has 0 aromatic heterocycles. The van der Waals surface area contributed by atoms with Crippen molar-refractivity contribution in [1.82, 2.24) is 0 Å². The predicted octanol–water partition coefficient (Wildman–Crippen LogP) is 4.71. The molecule has 0 aliphatic carbocycles. The van der Waals surface area contributed by atoms with E-state index in [1.54, 1.807) is 11.8 Å². The minimum Gasteiger partial charge on any atom is -0.0622 e. The number of rotatable bonds is 1. The molecule has 0 aliphatic rings. The second-order valence-electron chi connectivity index (χ2n) is 4.42. The van der Waals surface area contributed by atoms with E-state index >= 15 is 0 Å². The van der Waals surface area contributed by atoms with Crippen molar-refractivity contribution < 1.29 is 0 Å². The fourth-order valence-electron chi connectivity index (χ4n) is 1.98. The van der Waals surface area contributed by atoms with Gasteiger partial charge in [-0.2, -0.15) is 0 Å². The van der Waals surface area contributed by atoms with Crippen LogP contribution in [0, 0.1) is 31.9 Å². The van der Waals surface area contributed by atoms with Gasteiger partial charge in [0.1, 0.15) is 0 Å². The highest BCUT2D eigenvalue weighted by atomic mass is 32.2. The Morgan fingerprint density at radius 2 is 1.50 bits per heavy atom. The van der Waals surface area contributed by atoms with Gasteiger partial charge in [0, 0.05) is 10.5 Å². The van der Waals surface area contributed by atoms with Gasteiger partial charge in [-0.3, -0.25) is 0 Å². The second kappa shape index (κ2) is 5.80. The average molecular weight is 252 g/mol. The minimum absolute atomic E-state index is 1.06. The topological polar surface area (TPSA) is 0 Å². The van der Waals surface area contributed by atoms with Crippen LogP contribution in [-0.4, -0.2) is 0 Å². The Morgan fingerprint density at radius 1 is 0.889 bits per heavy atom. The first-order chi connectivity index (χ1) is 8.66. The van der Waals surface area contributed by atoms with Gasteiger partial charge in [0.2, 0.25) is 0 Å². The van der Waals surface area contributed by atoms with Crippen LogP contribution in [0.5, 0.6) is 0 Å². The van der Waals surface area contributed by atoms with Gasteiger partial charge in [0.05, 0.1) is 0 Å². The molecule has 0 aliphatic heterocycles. The maximum atomic E-state index is 3.19. The molecule has 0 fully saturated rings. The van der Waals surface area contributed by atoms with Gasteiger partial charge in [-0.25, -0.2) is 0 Å². The molecule has 0 atom stereocenters. The van der Waals surface area contributed by atoms with Gasteiger partial charge in [-0.15, -0.1) is 0 Å². The standard InChI is InChI=1S/C17H16S/c1-13-11-14(2)17(15(3)12-13)18-10-9-16-7-5-4-6-8-16/h4-8,11-12H,1-3H3. The molecule has 2 aromatic carbocycles. The number of aryl methyl sites for hydroxylation is 3. The van der Waals surface area contributed by atoms with Crippen molar-refractivity contribution in [3.63, 3.8) is 0 Å². The van der Waals surface area contributed by atoms with Crippen molar-refractivity contribution in [3.05, 3.63) is 64.7 Å². The van der Waals surface area contributed by atoms with Crippen molar-refractivity contribution in [2.24, 2.45) is 0 Å². The second-order valence-corrected chi connectivity index (χ2v) is 5.24. The molecule has 1 heteroatoms. The first-order valence-electron chi connectivity index (χ1n) is 5.97. The molecular formula is C17H16S. The molecule has 0 heterocycles. The van der Waals surface area contributed by atoms with Gasteiger partial charge >= 0.3 is 0 Å². The van der Waals surface area contributed by atoms with Crippen molar-refractivity contribution in [1.29, 1.82) is 0 Å². The number of thioether (sulfide) groups is 1. The van der Waals surface area contributed by atoms with Crippen molar-refractivity contribution in [2.75, 3.05) is 0 Å². The summed E-state index contributed by atoms with van der Waals surface area (Å²) in [4.78, 5) is 1.28. The molecule has 90 valence electrons. The molecule has 0 saturated carbocycles. The van der Waals surface area contributed by atoms with Crippen LogP contribution in [0.15, 0.2) is 47.4 Å². The number of hydrogen-bond donors (Lipinski definition) is 0. The predicted molar refractivity (Wildman–Crippen MR) is 79.8 cm³/mol. The maximum absolute atomic E-state index is 3.19. The number of hydrogen-bond acceptors (Lipinski definition) is 1. The Bertz CT molecular complexity index is 577. The normalized spacial score (nSPS) is 9.72. The van der Waals surface area contributed by atoms with Crippen LogP contribution >= 0.6 is 11.8 Å². The molecular weight excluding hydrogens is 236 g/mol. The highest BCUT2D eigenvalue weighted by molar-refractivity contribution is 8.04. The van der Waals surface area contributed by atoms with E-state index in [0.29, 0.717) is 0 Å². The lowest BCUT2D eigenvalue weighted by Gasteiger charge is -2.06. The first kappa shape index (κ1) is 12.8. The van der Waals surface area contributed by atoms with E-state index < -0.39 is 0 Å². The third-order valence-corrected chi connectivity index (χ3v) is 3.78. The fraction of sp³-hybridized carbons (Fsp3) is 0.176. The van der Waals surface area contributed by atoms with Crippen LogP contribution in [-0.2, 0) is 0 Å². The van der Waals surface area contributed by atoms with E-state index in [9.17, 15) is 0 Å². The van der Waals surface area contributed by atoms with Gasteiger partial charge in [-0.1, -0.05) is 41.8 Å². The van der Waals surface area contributed by atoms with E-state index in [4.69, 9.17) is 0 Å². The molecule has 2 aromatic rings. The number of benzene rings is 2. The monoisotopic (exact) mass is 252 g/mol. The zero-order valence-electron chi connectivity index (χ0n) is 10.9. The Hall–Kier alpha value is -1.65. The molecule has 0 saturated heterocycles. The zero-order valence-corrected chi connectivity index (χ0v) is 11.8. The third kappa shape index (κ3) is 3.18. The molecule has 0 nitrogen and oxygen atoms in total. The van der Waals surface area contributed by atoms with Crippen molar-refractivity contribution >= 4 is 11.8 Å². The van der Waals surface area contributed by atoms with Gasteiger partial charge in [0.25, 0.3) is 0 Å². The highest BCUT2D eigenvalue weighted by Crippen LogP contribution is 2.26. The van der Waals surface area contributed by atoms with Crippen LogP contribution in [0.2, 0.25) is 0 Å². The minimum atomic E-state index is 1.06. The van der Waals surface area contributed by atoms with E-state index in [2.05, 4.69) is 44.1 Å². The quantitative estimate of drug-likeness (QED) is 0.523. The Kier molecular flexibility index (Phi) is 4.12. The average Bonchev–Trinajstić information content (AvgIpc) is 2.34. The lowest BCUT2D eigenvalue weighted by atomic mass is 10.1. The summed E-state index contributed by atoms with van der Waals surface area (Å²) < 4.78 is 0. The fourth-order valence-corrected chi connectivity index (χ4v) is 2.70. The molecule has 0 N–H and O–H groups in total. The Balaban J connectivity index is 2.19. The van der Waals surface area contributed by atoms with Crippen LogP contribution in [0.3, 0.4) is 0 Å². The Labute approximate surface area is 113 Å². The SMILES string of the molecule is Cc1cc(C)c(SC#Cc2ccccc2)c(C)c1. The summed E-state index contributed by atoms with van der Waals surface area (Å²) in [5.41, 5.74) is 4.98. The summed E-state index contributed by atoms with van der Waals surface area (Å²) in [6.45, 7) is 6.42. The van der Waals surface area contributed by atoms with Crippen LogP contribution in [0.1, 0.15) is 22.3 Å². The molecule has 0 bridgehead atoms. The molecule has 0 amide bonds. The van der Waals surface area contributed by atoms with E-state index in [1.807, 2.05) is 30.3 Å². The van der Waals surface area contributed by atoms with Gasteiger partial charge < -0.3 is 0 Å². The summed E-state index contributed by atoms with van der Waals surface area (Å²) in [5, 5.41) is 3.19. The van der Waals surface area contributed by atoms with Crippen LogP contribution in [0.25, 0.3) is 0 Å². The van der Waals surface area contributed by atoms with E-state index in [1.165, 1.54) is 21.6 Å². The first-order valence-corrected chi connectivity index (χ1v) is 6.79. The Morgan fingerprint density at radius 3 is 2.11 bits per heavy atom. The van der Waals surface area contributed by atoms with Gasteiger partial charge in [-0.05, 0) is 61.0 Å². The summed E-state index contributed by atoms with van der Waals surface area (Å²) in [5.74, 6) is 3.18.